The molecule has 0 aliphatic carbocycles. The lowest BCUT2D eigenvalue weighted by molar-refractivity contribution is -0.116. The minimum atomic E-state index is -3.60. The molecule has 2 aromatic carbocycles. The molecule has 0 radical (unpaired) electrons. The van der Waals surface area contributed by atoms with Gasteiger partial charge in [0.05, 0.1) is 48.5 Å². The molecule has 1 N–H and O–H groups in total. The van der Waals surface area contributed by atoms with Gasteiger partial charge >= 0.3 is 0 Å². The van der Waals surface area contributed by atoms with E-state index in [-0.39, 0.29) is 36.2 Å². The number of halogens is 1. The maximum atomic E-state index is 12.9. The third-order valence-electron chi connectivity index (χ3n) is 5.32. The average molecular weight is 510 g/mol. The highest BCUT2D eigenvalue weighted by Crippen LogP contribution is 2.30. The summed E-state index contributed by atoms with van der Waals surface area (Å²) in [7, 11) is -2.13. The molecule has 11 heteroatoms. The van der Waals surface area contributed by atoms with E-state index >= 15 is 0 Å². The van der Waals surface area contributed by atoms with Crippen LogP contribution in [0.1, 0.15) is 23.2 Å². The van der Waals surface area contributed by atoms with Crippen LogP contribution in [0.15, 0.2) is 42.5 Å². The fraction of sp³-hybridized carbons (Fsp3) is 0.391. The van der Waals surface area contributed by atoms with E-state index in [0.29, 0.717) is 49.0 Å². The molecule has 0 saturated carbocycles. The van der Waals surface area contributed by atoms with Crippen LogP contribution < -0.4 is 14.4 Å². The number of methoxy groups -OCH3 is 1. The largest absolute Gasteiger partial charge is 0.495 e. The lowest BCUT2D eigenvalue weighted by Gasteiger charge is -2.27. The fourth-order valence-corrected chi connectivity index (χ4v) is 4.82. The fourth-order valence-electron chi connectivity index (χ4n) is 3.61. The Labute approximate surface area is 204 Å². The van der Waals surface area contributed by atoms with Gasteiger partial charge in [-0.3, -0.25) is 13.9 Å². The van der Waals surface area contributed by atoms with Crippen molar-refractivity contribution in [1.82, 2.24) is 4.90 Å². The molecule has 0 bridgehead atoms. The molecule has 2 aromatic rings. The Kier molecular flexibility index (Phi) is 8.76. The molecule has 1 fully saturated rings. The molecule has 1 aliphatic rings. The second kappa shape index (κ2) is 11.5. The van der Waals surface area contributed by atoms with Crippen molar-refractivity contribution in [2.24, 2.45) is 0 Å². The normalized spacial score (nSPS) is 13.9. The molecular formula is C23H28ClN3O6S. The monoisotopic (exact) mass is 509 g/mol. The van der Waals surface area contributed by atoms with E-state index in [4.69, 9.17) is 21.1 Å². The molecule has 0 unspecified atom stereocenters. The number of hydrogen-bond acceptors (Lipinski definition) is 6. The number of carbonyl (C=O) groups is 2. The first-order valence-corrected chi connectivity index (χ1v) is 13.0. The molecule has 0 aromatic heterocycles. The Balaban J connectivity index is 1.63. The van der Waals surface area contributed by atoms with Crippen molar-refractivity contribution in [2.75, 3.05) is 55.8 Å². The summed E-state index contributed by atoms with van der Waals surface area (Å²) < 4.78 is 36.3. The van der Waals surface area contributed by atoms with Crippen molar-refractivity contribution >= 4 is 44.8 Å². The van der Waals surface area contributed by atoms with E-state index in [1.807, 2.05) is 0 Å². The molecule has 2 amide bonds. The number of hydrogen-bond donors (Lipinski definition) is 1. The van der Waals surface area contributed by atoms with Gasteiger partial charge in [-0.2, -0.15) is 0 Å². The van der Waals surface area contributed by atoms with Gasteiger partial charge in [0.2, 0.25) is 15.9 Å². The van der Waals surface area contributed by atoms with Crippen molar-refractivity contribution in [2.45, 2.75) is 12.8 Å². The van der Waals surface area contributed by atoms with Crippen LogP contribution in [0, 0.1) is 0 Å². The molecule has 0 atom stereocenters. The Morgan fingerprint density at radius 3 is 2.53 bits per heavy atom. The summed E-state index contributed by atoms with van der Waals surface area (Å²) in [6.07, 6.45) is 1.43. The Morgan fingerprint density at radius 2 is 1.88 bits per heavy atom. The minimum Gasteiger partial charge on any atom is -0.495 e. The van der Waals surface area contributed by atoms with Crippen LogP contribution in [-0.4, -0.2) is 71.3 Å². The van der Waals surface area contributed by atoms with Crippen LogP contribution in [0.2, 0.25) is 5.02 Å². The maximum absolute atomic E-state index is 12.9. The van der Waals surface area contributed by atoms with Crippen molar-refractivity contribution in [3.05, 3.63) is 53.1 Å². The van der Waals surface area contributed by atoms with Crippen LogP contribution in [0.3, 0.4) is 0 Å². The molecule has 34 heavy (non-hydrogen) atoms. The molecule has 1 heterocycles. The molecule has 0 spiro atoms. The first-order valence-electron chi connectivity index (χ1n) is 10.8. The number of ether oxygens (including phenoxy) is 2. The summed E-state index contributed by atoms with van der Waals surface area (Å²) in [5.74, 6) is -0.0502. The number of nitrogens with one attached hydrogen (secondary N) is 1. The highest BCUT2D eigenvalue weighted by Gasteiger charge is 2.22. The minimum absolute atomic E-state index is 0.0655. The summed E-state index contributed by atoms with van der Waals surface area (Å²) in [4.78, 5) is 27.2. The predicted molar refractivity (Wildman–Crippen MR) is 131 cm³/mol. The number of sulfonamides is 1. The van der Waals surface area contributed by atoms with E-state index in [2.05, 4.69) is 5.32 Å². The van der Waals surface area contributed by atoms with E-state index < -0.39 is 10.0 Å². The first-order chi connectivity index (χ1) is 16.2. The highest BCUT2D eigenvalue weighted by molar-refractivity contribution is 7.92. The Morgan fingerprint density at radius 1 is 1.18 bits per heavy atom. The molecule has 1 aliphatic heterocycles. The number of rotatable bonds is 9. The van der Waals surface area contributed by atoms with Gasteiger partial charge in [-0.05, 0) is 36.8 Å². The lowest BCUT2D eigenvalue weighted by Crippen LogP contribution is -2.41. The van der Waals surface area contributed by atoms with Crippen molar-refractivity contribution in [1.29, 1.82) is 0 Å². The van der Waals surface area contributed by atoms with Gasteiger partial charge in [0.15, 0.2) is 0 Å². The number of carbonyl (C=O) groups excluding carboxylic acids is 2. The van der Waals surface area contributed by atoms with Crippen LogP contribution in [-0.2, 0) is 19.6 Å². The van der Waals surface area contributed by atoms with Gasteiger partial charge in [0.25, 0.3) is 5.91 Å². The summed E-state index contributed by atoms with van der Waals surface area (Å²) in [6, 6.07) is 11.5. The van der Waals surface area contributed by atoms with E-state index in [9.17, 15) is 18.0 Å². The van der Waals surface area contributed by atoms with Gasteiger partial charge in [-0.1, -0.05) is 23.7 Å². The van der Waals surface area contributed by atoms with E-state index in [1.54, 1.807) is 41.3 Å². The summed E-state index contributed by atoms with van der Waals surface area (Å²) in [5, 5.41) is 3.07. The van der Waals surface area contributed by atoms with Gasteiger partial charge in [0, 0.05) is 26.1 Å². The highest BCUT2D eigenvalue weighted by atomic mass is 35.5. The second-order valence-corrected chi connectivity index (χ2v) is 10.1. The Hall–Kier alpha value is -2.82. The van der Waals surface area contributed by atoms with Gasteiger partial charge < -0.3 is 19.7 Å². The van der Waals surface area contributed by atoms with E-state index in [0.717, 1.165) is 6.26 Å². The standard InChI is InChI=1S/C23H28ClN3O6S/c1-32-21-10-9-17(16-19(21)24)27(34(2,30)31)11-5-8-22(28)25-20-7-4-3-6-18(20)23(29)26-12-14-33-15-13-26/h3-4,6-7,9-10,16H,5,8,11-15H2,1-2H3,(H,25,28). The summed E-state index contributed by atoms with van der Waals surface area (Å²) in [6.45, 7) is 2.05. The summed E-state index contributed by atoms with van der Waals surface area (Å²) >= 11 is 6.15. The smallest absolute Gasteiger partial charge is 0.256 e. The molecular weight excluding hydrogens is 482 g/mol. The van der Waals surface area contributed by atoms with Gasteiger partial charge in [-0.25, -0.2) is 8.42 Å². The van der Waals surface area contributed by atoms with Crippen LogP contribution in [0.4, 0.5) is 11.4 Å². The third kappa shape index (κ3) is 6.62. The van der Waals surface area contributed by atoms with E-state index in [1.165, 1.54) is 17.5 Å². The second-order valence-electron chi connectivity index (χ2n) is 7.76. The van der Waals surface area contributed by atoms with Gasteiger partial charge in [-0.15, -0.1) is 0 Å². The zero-order valence-electron chi connectivity index (χ0n) is 19.1. The molecule has 1 saturated heterocycles. The predicted octanol–water partition coefficient (Wildman–Crippen LogP) is 3.01. The van der Waals surface area contributed by atoms with Crippen molar-refractivity contribution in [3.63, 3.8) is 0 Å². The number of benzene rings is 2. The SMILES string of the molecule is COc1ccc(N(CCCC(=O)Nc2ccccc2C(=O)N2CCOCC2)S(C)(=O)=O)cc1Cl. The molecule has 184 valence electrons. The zero-order valence-corrected chi connectivity index (χ0v) is 20.7. The zero-order chi connectivity index (χ0) is 24.7. The van der Waals surface area contributed by atoms with Gasteiger partial charge in [0.1, 0.15) is 5.75 Å². The topological polar surface area (TPSA) is 105 Å². The number of para-hydroxylation sites is 1. The Bertz CT molecular complexity index is 1140. The number of amides is 2. The van der Waals surface area contributed by atoms with Crippen LogP contribution in [0.25, 0.3) is 0 Å². The maximum Gasteiger partial charge on any atom is 0.256 e. The van der Waals surface area contributed by atoms with Crippen LogP contribution in [0.5, 0.6) is 5.75 Å². The van der Waals surface area contributed by atoms with Crippen LogP contribution >= 0.6 is 11.6 Å². The number of anilines is 2. The quantitative estimate of drug-likeness (QED) is 0.557. The third-order valence-corrected chi connectivity index (χ3v) is 6.81. The molecule has 9 nitrogen and oxygen atoms in total. The average Bonchev–Trinajstić information content (AvgIpc) is 2.81. The van der Waals surface area contributed by atoms with Crippen molar-refractivity contribution in [3.8, 4) is 5.75 Å². The number of morpholine rings is 1. The number of nitrogens with zero attached hydrogens (tertiary/aromatic N) is 2. The van der Waals surface area contributed by atoms with Crippen molar-refractivity contribution < 1.29 is 27.5 Å². The lowest BCUT2D eigenvalue weighted by atomic mass is 10.1. The molecule has 3 rings (SSSR count). The first kappa shape index (κ1) is 25.8. The summed E-state index contributed by atoms with van der Waals surface area (Å²) in [5.41, 5.74) is 1.21.